The van der Waals surface area contributed by atoms with Gasteiger partial charge in [0.2, 0.25) is 5.82 Å². The van der Waals surface area contributed by atoms with E-state index in [1.54, 1.807) is 38.2 Å². The molecule has 6 nitrogen and oxygen atoms in total. The van der Waals surface area contributed by atoms with Gasteiger partial charge in [0.15, 0.2) is 0 Å². The lowest BCUT2D eigenvalue weighted by atomic mass is 10.2. The molecule has 0 spiro atoms. The maximum atomic E-state index is 12.2. The summed E-state index contributed by atoms with van der Waals surface area (Å²) in [7, 11) is 1.74. The lowest BCUT2D eigenvalue weighted by molar-refractivity contribution is -0.159. The first-order valence-electron chi connectivity index (χ1n) is 6.16. The summed E-state index contributed by atoms with van der Waals surface area (Å²) in [6, 6.07) is 6.63. The average molecular weight is 317 g/mol. The number of anilines is 1. The van der Waals surface area contributed by atoms with Crippen molar-refractivity contribution in [2.45, 2.75) is 13.1 Å². The van der Waals surface area contributed by atoms with E-state index in [0.717, 1.165) is 5.69 Å². The molecule has 0 atom stereocenters. The van der Waals surface area contributed by atoms with Crippen LogP contribution in [0.4, 0.5) is 18.9 Å². The highest BCUT2D eigenvalue weighted by Gasteiger charge is 2.38. The summed E-state index contributed by atoms with van der Waals surface area (Å²) in [5.74, 6) is -1.43. The van der Waals surface area contributed by atoms with Gasteiger partial charge in [0.05, 0.1) is 6.61 Å². The second kappa shape index (κ2) is 8.01. The summed E-state index contributed by atoms with van der Waals surface area (Å²) < 4.78 is 45.0. The molecule has 0 radical (unpaired) electrons. The van der Waals surface area contributed by atoms with Crippen molar-refractivity contribution in [2.24, 2.45) is 0 Å². The molecule has 0 unspecified atom stereocenters. The van der Waals surface area contributed by atoms with Gasteiger partial charge < -0.3 is 14.6 Å². The highest BCUT2D eigenvalue weighted by molar-refractivity contribution is 5.59. The van der Waals surface area contributed by atoms with E-state index in [0.29, 0.717) is 18.6 Å². The fourth-order valence-electron chi connectivity index (χ4n) is 1.31. The van der Waals surface area contributed by atoms with Crippen molar-refractivity contribution in [3.63, 3.8) is 0 Å². The first-order chi connectivity index (χ1) is 10.4. The number of carbonyl (C=O) groups excluding carboxylic acids is 1. The van der Waals surface area contributed by atoms with Crippen LogP contribution < -0.4 is 5.32 Å². The van der Waals surface area contributed by atoms with Crippen LogP contribution in [0.15, 0.2) is 28.8 Å². The predicted octanol–water partition coefficient (Wildman–Crippen LogP) is 2.98. The largest absolute Gasteiger partial charge is 0.471 e. The Balaban J connectivity index is 0.000000422. The van der Waals surface area contributed by atoms with Gasteiger partial charge in [-0.05, 0) is 31.2 Å². The summed E-state index contributed by atoms with van der Waals surface area (Å²) in [4.78, 5) is 12.5. The van der Waals surface area contributed by atoms with Crippen LogP contribution in [-0.4, -0.2) is 30.3 Å². The van der Waals surface area contributed by atoms with E-state index in [1.807, 2.05) is 0 Å². The molecule has 2 aromatic rings. The van der Waals surface area contributed by atoms with Crippen LogP contribution in [-0.2, 0) is 15.7 Å². The quantitative estimate of drug-likeness (QED) is 0.874. The Hall–Kier alpha value is -2.58. The van der Waals surface area contributed by atoms with Crippen molar-refractivity contribution in [2.75, 3.05) is 19.0 Å². The van der Waals surface area contributed by atoms with Crippen molar-refractivity contribution in [1.29, 1.82) is 0 Å². The normalized spacial score (nSPS) is 10.4. The first-order valence-corrected chi connectivity index (χ1v) is 6.16. The Morgan fingerprint density at radius 3 is 2.32 bits per heavy atom. The number of rotatable bonds is 4. The maximum absolute atomic E-state index is 12.2. The van der Waals surface area contributed by atoms with Crippen molar-refractivity contribution < 1.29 is 27.2 Å². The van der Waals surface area contributed by atoms with Gasteiger partial charge in [-0.25, -0.2) is 0 Å². The molecule has 2 rings (SSSR count). The molecule has 1 aromatic carbocycles. The van der Waals surface area contributed by atoms with E-state index in [-0.39, 0.29) is 5.82 Å². The van der Waals surface area contributed by atoms with E-state index < -0.39 is 12.1 Å². The Bertz CT molecular complexity index is 582. The zero-order chi connectivity index (χ0) is 16.6. The molecule has 9 heteroatoms. The summed E-state index contributed by atoms with van der Waals surface area (Å²) >= 11 is 0. The van der Waals surface area contributed by atoms with Crippen LogP contribution in [0.5, 0.6) is 0 Å². The highest BCUT2D eigenvalue weighted by atomic mass is 19.4. The van der Waals surface area contributed by atoms with Gasteiger partial charge in [0.1, 0.15) is 0 Å². The third kappa shape index (κ3) is 5.08. The van der Waals surface area contributed by atoms with Crippen molar-refractivity contribution in [3.05, 3.63) is 30.2 Å². The predicted molar refractivity (Wildman–Crippen MR) is 72.0 cm³/mol. The van der Waals surface area contributed by atoms with Gasteiger partial charge in [-0.3, -0.25) is 4.79 Å². The van der Waals surface area contributed by atoms with Crippen LogP contribution in [0.2, 0.25) is 0 Å². The van der Waals surface area contributed by atoms with Crippen molar-refractivity contribution in [3.8, 4) is 11.4 Å². The number of hydrogen-bond donors (Lipinski definition) is 1. The van der Waals surface area contributed by atoms with Crippen LogP contribution >= 0.6 is 0 Å². The molecular formula is C13H14F3N3O3. The van der Waals surface area contributed by atoms with Gasteiger partial charge >= 0.3 is 12.1 Å². The number of benzene rings is 1. The smallest absolute Gasteiger partial charge is 0.468 e. The molecule has 1 aromatic heterocycles. The molecule has 1 N–H and O–H groups in total. The number of halogens is 3. The first kappa shape index (κ1) is 17.5. The number of nitrogens with one attached hydrogen (secondary N) is 1. The topological polar surface area (TPSA) is 77.2 Å². The minimum Gasteiger partial charge on any atom is -0.468 e. The minimum atomic E-state index is -4.61. The molecule has 0 amide bonds. The summed E-state index contributed by atoms with van der Waals surface area (Å²) in [6.45, 7) is 2.66. The number of alkyl halides is 3. The molecule has 0 fully saturated rings. The van der Waals surface area contributed by atoms with Crippen LogP contribution in [0.3, 0.4) is 0 Å². The fraction of sp³-hybridized carbons (Fsp3) is 0.308. The van der Waals surface area contributed by atoms with E-state index in [2.05, 4.69) is 24.7 Å². The molecule has 22 heavy (non-hydrogen) atoms. The Labute approximate surface area is 124 Å². The molecule has 0 aliphatic heterocycles. The molecule has 0 saturated carbocycles. The van der Waals surface area contributed by atoms with E-state index in [1.165, 1.54) is 0 Å². The number of aromatic nitrogens is 2. The molecule has 0 bridgehead atoms. The Morgan fingerprint density at radius 2 is 1.95 bits per heavy atom. The van der Waals surface area contributed by atoms with Gasteiger partial charge in [-0.2, -0.15) is 18.2 Å². The van der Waals surface area contributed by atoms with Crippen LogP contribution in [0.25, 0.3) is 11.4 Å². The van der Waals surface area contributed by atoms with Crippen LogP contribution in [0.1, 0.15) is 12.8 Å². The summed E-state index contributed by atoms with van der Waals surface area (Å²) in [5, 5.41) is 6.17. The number of carbonyl (C=O) groups is 1. The second-order valence-corrected chi connectivity index (χ2v) is 3.80. The number of nitrogens with zero attached hydrogens (tertiary/aromatic N) is 2. The van der Waals surface area contributed by atoms with Gasteiger partial charge in [-0.1, -0.05) is 5.16 Å². The Morgan fingerprint density at radius 1 is 1.32 bits per heavy atom. The maximum Gasteiger partial charge on any atom is 0.471 e. The lowest BCUT2D eigenvalue weighted by Crippen LogP contribution is -2.04. The standard InChI is InChI=1S/C10H8F3N3O.C3H6O2/c1-14-7-4-2-6(3-5-7)8-15-9(17-16-8)10(11,12)13;1-2-5-3-4/h2-5,14H,1H3;3H,2H2,1H3. The van der Waals surface area contributed by atoms with Crippen LogP contribution in [0, 0.1) is 0 Å². The molecule has 1 heterocycles. The van der Waals surface area contributed by atoms with Gasteiger partial charge in [-0.15, -0.1) is 0 Å². The third-order valence-corrected chi connectivity index (χ3v) is 2.34. The van der Waals surface area contributed by atoms with Gasteiger partial charge in [0.25, 0.3) is 6.47 Å². The molecule has 120 valence electrons. The highest BCUT2D eigenvalue weighted by Crippen LogP contribution is 2.29. The molecule has 0 saturated heterocycles. The third-order valence-electron chi connectivity index (χ3n) is 2.34. The SMILES string of the molecule is CCOC=O.CNc1ccc(-c2noc(C(F)(F)F)n2)cc1. The molecule has 0 aliphatic rings. The monoisotopic (exact) mass is 317 g/mol. The van der Waals surface area contributed by atoms with E-state index in [4.69, 9.17) is 0 Å². The molecule has 0 aliphatic carbocycles. The zero-order valence-corrected chi connectivity index (χ0v) is 11.8. The Kier molecular flexibility index (Phi) is 6.36. The summed E-state index contributed by atoms with van der Waals surface area (Å²) in [6.07, 6.45) is -4.61. The lowest BCUT2D eigenvalue weighted by Gasteiger charge is -1.99. The number of ether oxygens (including phenoxy) is 1. The van der Waals surface area contributed by atoms with Gasteiger partial charge in [0, 0.05) is 18.3 Å². The van der Waals surface area contributed by atoms with Crippen molar-refractivity contribution in [1.82, 2.24) is 10.1 Å². The van der Waals surface area contributed by atoms with E-state index >= 15 is 0 Å². The van der Waals surface area contributed by atoms with Crippen molar-refractivity contribution >= 4 is 12.2 Å². The van der Waals surface area contributed by atoms with E-state index in [9.17, 15) is 18.0 Å². The minimum absolute atomic E-state index is 0.0834. The second-order valence-electron chi connectivity index (χ2n) is 3.80. The number of hydrogen-bond acceptors (Lipinski definition) is 6. The summed E-state index contributed by atoms with van der Waals surface area (Å²) in [5.41, 5.74) is 1.30. The zero-order valence-electron chi connectivity index (χ0n) is 11.8. The fourth-order valence-corrected chi connectivity index (χ4v) is 1.31. The average Bonchev–Trinajstić information content (AvgIpc) is 2.99. The molecular weight excluding hydrogens is 303 g/mol.